The fourth-order valence-electron chi connectivity index (χ4n) is 3.86. The molecule has 1 aliphatic heterocycles. The Bertz CT molecular complexity index is 1040. The number of aliphatic hydroxyl groups is 1. The number of hydrogen-bond acceptors (Lipinski definition) is 6. The van der Waals surface area contributed by atoms with Crippen molar-refractivity contribution in [3.8, 4) is 0 Å². The molecule has 2 amide bonds. The number of rotatable bonds is 12. The van der Waals surface area contributed by atoms with E-state index in [1.165, 1.54) is 0 Å². The molecule has 2 aromatic carbocycles. The van der Waals surface area contributed by atoms with Crippen LogP contribution in [0.15, 0.2) is 60.4 Å². The molecule has 2 unspecified atom stereocenters. The van der Waals surface area contributed by atoms with E-state index in [9.17, 15) is 14.7 Å². The van der Waals surface area contributed by atoms with Gasteiger partial charge in [-0.15, -0.1) is 0 Å². The van der Waals surface area contributed by atoms with E-state index in [0.717, 1.165) is 11.1 Å². The second-order valence-electron chi connectivity index (χ2n) is 9.36. The van der Waals surface area contributed by atoms with Crippen molar-refractivity contribution in [1.29, 1.82) is 0 Å². The summed E-state index contributed by atoms with van der Waals surface area (Å²) < 4.78 is 11.9. The number of nitrogens with one attached hydrogen (secondary N) is 2. The van der Waals surface area contributed by atoms with Crippen LogP contribution in [0, 0.1) is 11.8 Å². The van der Waals surface area contributed by atoms with Crippen LogP contribution >= 0.6 is 0 Å². The molecule has 36 heavy (non-hydrogen) atoms. The first kappa shape index (κ1) is 27.2. The van der Waals surface area contributed by atoms with Gasteiger partial charge in [-0.3, -0.25) is 9.59 Å². The Morgan fingerprint density at radius 3 is 2.53 bits per heavy atom. The van der Waals surface area contributed by atoms with Gasteiger partial charge in [-0.25, -0.2) is 0 Å². The van der Waals surface area contributed by atoms with Gasteiger partial charge >= 0.3 is 0 Å². The van der Waals surface area contributed by atoms with E-state index in [0.29, 0.717) is 56.1 Å². The van der Waals surface area contributed by atoms with Crippen LogP contribution in [0.5, 0.6) is 0 Å². The van der Waals surface area contributed by atoms with Gasteiger partial charge in [0.25, 0.3) is 5.91 Å². The fraction of sp³-hybridized carbons (Fsp3) is 0.429. The summed E-state index contributed by atoms with van der Waals surface area (Å²) in [6.45, 7) is 5.02. The summed E-state index contributed by atoms with van der Waals surface area (Å²) >= 11 is 0. The third-order valence-electron chi connectivity index (χ3n) is 6.16. The molecule has 0 aliphatic carbocycles. The number of hydrogen-bond donors (Lipinski definition) is 4. The lowest BCUT2D eigenvalue weighted by Crippen LogP contribution is -2.34. The summed E-state index contributed by atoms with van der Waals surface area (Å²) in [4.78, 5) is 24.9. The van der Waals surface area contributed by atoms with Crippen molar-refractivity contribution in [3.05, 3.63) is 71.5 Å². The van der Waals surface area contributed by atoms with E-state index in [1.54, 1.807) is 12.1 Å². The predicted molar refractivity (Wildman–Crippen MR) is 139 cm³/mol. The molecule has 2 aromatic rings. The third kappa shape index (κ3) is 8.39. The lowest BCUT2D eigenvalue weighted by Gasteiger charge is -2.31. The lowest BCUT2D eigenvalue weighted by atomic mass is 9.90. The summed E-state index contributed by atoms with van der Waals surface area (Å²) in [5.41, 5.74) is 8.80. The zero-order valence-corrected chi connectivity index (χ0v) is 21.0. The average Bonchev–Trinajstić information content (AvgIpc) is 2.88. The number of benzene rings is 2. The van der Waals surface area contributed by atoms with E-state index in [2.05, 4.69) is 24.5 Å². The number of unbranched alkanes of at least 4 members (excludes halogenated alkanes) is 1. The van der Waals surface area contributed by atoms with Gasteiger partial charge in [-0.1, -0.05) is 50.2 Å². The number of aliphatic hydroxyl groups excluding tert-OH is 1. The molecule has 3 rings (SSSR count). The molecule has 8 nitrogen and oxygen atoms in total. The smallest absolute Gasteiger partial charge is 0.286 e. The van der Waals surface area contributed by atoms with Gasteiger partial charge in [-0.05, 0) is 54.0 Å². The Balaban J connectivity index is 1.42. The number of amides is 2. The van der Waals surface area contributed by atoms with Crippen molar-refractivity contribution in [2.45, 2.75) is 59.0 Å². The predicted octanol–water partition coefficient (Wildman–Crippen LogP) is 4.11. The largest absolute Gasteiger partial charge is 0.459 e. The van der Waals surface area contributed by atoms with Crippen molar-refractivity contribution >= 4 is 23.2 Å². The summed E-state index contributed by atoms with van der Waals surface area (Å²) in [7, 11) is 0. The van der Waals surface area contributed by atoms with Gasteiger partial charge in [0, 0.05) is 19.4 Å². The van der Waals surface area contributed by atoms with Crippen LogP contribution in [0.2, 0.25) is 0 Å². The SMILES string of the molecule is CC(C)C1C=C(C(=O)NCCCCC(=O)Nc2ccccc2N)OC(OCc2ccc(CO)cc2)C1. The minimum atomic E-state index is -0.519. The van der Waals surface area contributed by atoms with E-state index < -0.39 is 6.29 Å². The molecule has 0 saturated heterocycles. The normalized spacial score (nSPS) is 17.3. The molecular formula is C28H37N3O5. The number of nitrogen functional groups attached to an aromatic ring is 1. The van der Waals surface area contributed by atoms with Crippen molar-refractivity contribution in [2.24, 2.45) is 11.8 Å². The molecular weight excluding hydrogens is 458 g/mol. The standard InChI is InChI=1S/C28H37N3O5/c1-19(2)22-15-25(36-27(16-22)35-18-21-12-10-20(17-32)11-13-21)28(34)30-14-6-5-9-26(33)31-24-8-4-3-7-23(24)29/h3-4,7-8,10-13,15,19,22,27,32H,5-6,9,14,16-18,29H2,1-2H3,(H,30,34)(H,31,33). The summed E-state index contributed by atoms with van der Waals surface area (Å²) in [5, 5.41) is 14.9. The molecule has 0 fully saturated rings. The van der Waals surface area contributed by atoms with Crippen molar-refractivity contribution in [3.63, 3.8) is 0 Å². The van der Waals surface area contributed by atoms with Crippen LogP contribution in [-0.4, -0.2) is 29.8 Å². The Kier molecular flexibility index (Phi) is 10.3. The highest BCUT2D eigenvalue weighted by Crippen LogP contribution is 2.29. The number of para-hydroxylation sites is 2. The molecule has 194 valence electrons. The first-order valence-corrected chi connectivity index (χ1v) is 12.5. The van der Waals surface area contributed by atoms with Crippen LogP contribution in [0.3, 0.4) is 0 Å². The zero-order chi connectivity index (χ0) is 25.9. The average molecular weight is 496 g/mol. The van der Waals surface area contributed by atoms with Gasteiger partial charge in [0.05, 0.1) is 24.6 Å². The topological polar surface area (TPSA) is 123 Å². The molecule has 0 aromatic heterocycles. The molecule has 0 bridgehead atoms. The van der Waals surface area contributed by atoms with E-state index >= 15 is 0 Å². The van der Waals surface area contributed by atoms with E-state index in [1.807, 2.05) is 42.5 Å². The van der Waals surface area contributed by atoms with Gasteiger partial charge < -0.3 is 30.9 Å². The summed E-state index contributed by atoms with van der Waals surface area (Å²) in [6.07, 6.45) is 3.67. The number of carbonyl (C=O) groups excluding carboxylic acids is 2. The highest BCUT2D eigenvalue weighted by Gasteiger charge is 2.29. The molecule has 1 aliphatic rings. The quantitative estimate of drug-likeness (QED) is 0.260. The summed E-state index contributed by atoms with van der Waals surface area (Å²) in [6, 6.07) is 14.7. The van der Waals surface area contributed by atoms with Crippen LogP contribution in [0.1, 0.15) is 50.7 Å². The summed E-state index contributed by atoms with van der Waals surface area (Å²) in [5.74, 6) is 0.392. The van der Waals surface area contributed by atoms with Crippen LogP contribution in [0.4, 0.5) is 11.4 Å². The minimum Gasteiger partial charge on any atom is -0.459 e. The molecule has 5 N–H and O–H groups in total. The fourth-order valence-corrected chi connectivity index (χ4v) is 3.86. The molecule has 0 saturated carbocycles. The monoisotopic (exact) mass is 495 g/mol. The third-order valence-corrected chi connectivity index (χ3v) is 6.16. The van der Waals surface area contributed by atoms with Crippen molar-refractivity contribution in [1.82, 2.24) is 5.32 Å². The highest BCUT2D eigenvalue weighted by molar-refractivity contribution is 5.93. The van der Waals surface area contributed by atoms with Crippen LogP contribution < -0.4 is 16.4 Å². The highest BCUT2D eigenvalue weighted by atomic mass is 16.7. The Hall–Kier alpha value is -3.36. The van der Waals surface area contributed by atoms with Gasteiger partial charge in [0.1, 0.15) is 0 Å². The van der Waals surface area contributed by atoms with Gasteiger partial charge in [0.15, 0.2) is 5.76 Å². The zero-order valence-electron chi connectivity index (χ0n) is 21.0. The first-order valence-electron chi connectivity index (χ1n) is 12.5. The Labute approximate surface area is 212 Å². The maximum Gasteiger partial charge on any atom is 0.286 e. The maximum absolute atomic E-state index is 12.8. The van der Waals surface area contributed by atoms with Gasteiger partial charge in [-0.2, -0.15) is 0 Å². The number of allylic oxidation sites excluding steroid dienone is 1. The number of carbonyl (C=O) groups is 2. The second kappa shape index (κ2) is 13.7. The molecule has 0 radical (unpaired) electrons. The van der Waals surface area contributed by atoms with Crippen molar-refractivity contribution < 1.29 is 24.2 Å². The maximum atomic E-state index is 12.8. The second-order valence-corrected chi connectivity index (χ2v) is 9.36. The van der Waals surface area contributed by atoms with Crippen LogP contribution in [0.25, 0.3) is 0 Å². The van der Waals surface area contributed by atoms with Gasteiger partial charge in [0.2, 0.25) is 12.2 Å². The van der Waals surface area contributed by atoms with E-state index in [4.69, 9.17) is 15.2 Å². The first-order chi connectivity index (χ1) is 17.4. The van der Waals surface area contributed by atoms with E-state index in [-0.39, 0.29) is 30.1 Å². The number of anilines is 2. The van der Waals surface area contributed by atoms with Crippen LogP contribution in [-0.2, 0) is 32.3 Å². The number of nitrogens with two attached hydrogens (primary N) is 1. The molecule has 0 spiro atoms. The minimum absolute atomic E-state index is 0.00220. The molecule has 8 heteroatoms. The molecule has 2 atom stereocenters. The molecule has 1 heterocycles. The number of ether oxygens (including phenoxy) is 2. The Morgan fingerprint density at radius 1 is 1.11 bits per heavy atom. The van der Waals surface area contributed by atoms with Crippen molar-refractivity contribution in [2.75, 3.05) is 17.6 Å². The Morgan fingerprint density at radius 2 is 1.83 bits per heavy atom. The lowest BCUT2D eigenvalue weighted by molar-refractivity contribution is -0.154.